The predicted octanol–water partition coefficient (Wildman–Crippen LogP) is 2.13. The van der Waals surface area contributed by atoms with E-state index < -0.39 is 0 Å². The van der Waals surface area contributed by atoms with E-state index in [1.807, 2.05) is 11.8 Å². The molecule has 4 nitrogen and oxygen atoms in total. The molecular weight excluding hydrogens is 224 g/mol. The number of oxazole rings is 1. The fourth-order valence-electron chi connectivity index (χ4n) is 1.57. The summed E-state index contributed by atoms with van der Waals surface area (Å²) >= 11 is 1.87. The van der Waals surface area contributed by atoms with Crippen molar-refractivity contribution in [3.05, 3.63) is 28.9 Å². The number of rotatable bonds is 5. The van der Waals surface area contributed by atoms with Crippen molar-refractivity contribution in [1.29, 1.82) is 0 Å². The summed E-state index contributed by atoms with van der Waals surface area (Å²) in [6.45, 7) is 2.81. The third kappa shape index (κ3) is 2.29. The van der Waals surface area contributed by atoms with Gasteiger partial charge in [0.05, 0.1) is 0 Å². The van der Waals surface area contributed by atoms with Gasteiger partial charge < -0.3 is 4.42 Å². The second-order valence-corrected chi connectivity index (χ2v) is 4.79. The minimum Gasteiger partial charge on any atom is -0.406 e. The quantitative estimate of drug-likeness (QED) is 0.749. The van der Waals surface area contributed by atoms with Crippen molar-refractivity contribution in [2.24, 2.45) is 0 Å². The van der Waals surface area contributed by atoms with Crippen LogP contribution in [0.25, 0.3) is 11.2 Å². The highest BCUT2D eigenvalue weighted by Crippen LogP contribution is 2.10. The number of pyridine rings is 1. The van der Waals surface area contributed by atoms with Crippen LogP contribution in [0.1, 0.15) is 13.3 Å². The molecule has 0 radical (unpaired) electrons. The van der Waals surface area contributed by atoms with Crippen LogP contribution in [0.5, 0.6) is 0 Å². The molecule has 2 heterocycles. The SMILES string of the molecule is CCSCCCn1c(=O)oc2cccnc21. The first-order valence-corrected chi connectivity index (χ1v) is 6.50. The number of nitrogens with zero attached hydrogens (tertiary/aromatic N) is 2. The largest absolute Gasteiger partial charge is 0.421 e. The van der Waals surface area contributed by atoms with Gasteiger partial charge in [0.1, 0.15) is 0 Å². The van der Waals surface area contributed by atoms with Crippen molar-refractivity contribution >= 4 is 23.0 Å². The van der Waals surface area contributed by atoms with Crippen LogP contribution in [-0.2, 0) is 6.54 Å². The lowest BCUT2D eigenvalue weighted by Crippen LogP contribution is -2.15. The molecule has 0 fully saturated rings. The zero-order valence-electron chi connectivity index (χ0n) is 9.18. The maximum absolute atomic E-state index is 11.6. The Morgan fingerprint density at radius 3 is 3.25 bits per heavy atom. The molecule has 86 valence electrons. The Bertz CT molecular complexity index is 518. The normalized spacial score (nSPS) is 11.1. The zero-order valence-corrected chi connectivity index (χ0v) is 10.00. The fourth-order valence-corrected chi connectivity index (χ4v) is 2.19. The summed E-state index contributed by atoms with van der Waals surface area (Å²) in [4.78, 5) is 15.7. The van der Waals surface area contributed by atoms with Gasteiger partial charge in [-0.3, -0.25) is 4.57 Å². The lowest BCUT2D eigenvalue weighted by molar-refractivity contribution is 0.503. The molecule has 2 aromatic heterocycles. The number of hydrogen-bond acceptors (Lipinski definition) is 4. The number of hydrogen-bond donors (Lipinski definition) is 0. The standard InChI is InChI=1S/C11H14N2O2S/c1-2-16-8-4-7-13-10-9(15-11(13)14)5-3-6-12-10/h3,5-6H,2,4,7-8H2,1H3. The maximum Gasteiger partial charge on any atom is 0.421 e. The van der Waals surface area contributed by atoms with Gasteiger partial charge in [-0.05, 0) is 30.1 Å². The van der Waals surface area contributed by atoms with Crippen LogP contribution in [-0.4, -0.2) is 21.1 Å². The van der Waals surface area contributed by atoms with Crippen molar-refractivity contribution < 1.29 is 4.42 Å². The highest BCUT2D eigenvalue weighted by molar-refractivity contribution is 7.99. The van der Waals surface area contributed by atoms with Crippen LogP contribution < -0.4 is 5.76 Å². The highest BCUT2D eigenvalue weighted by Gasteiger charge is 2.08. The molecule has 5 heteroatoms. The van der Waals surface area contributed by atoms with Gasteiger partial charge in [0.2, 0.25) is 0 Å². The molecule has 16 heavy (non-hydrogen) atoms. The van der Waals surface area contributed by atoms with Crippen LogP contribution in [0.3, 0.4) is 0 Å². The van der Waals surface area contributed by atoms with Crippen molar-refractivity contribution in [2.45, 2.75) is 19.9 Å². The number of aryl methyl sites for hydroxylation is 1. The Hall–Kier alpha value is -1.23. The summed E-state index contributed by atoms with van der Waals surface area (Å²) in [6, 6.07) is 3.53. The van der Waals surface area contributed by atoms with Gasteiger partial charge in [-0.25, -0.2) is 9.78 Å². The Morgan fingerprint density at radius 2 is 2.44 bits per heavy atom. The van der Waals surface area contributed by atoms with Crippen molar-refractivity contribution in [3.8, 4) is 0 Å². The monoisotopic (exact) mass is 238 g/mol. The van der Waals surface area contributed by atoms with E-state index in [0.717, 1.165) is 17.9 Å². The minimum absolute atomic E-state index is 0.310. The van der Waals surface area contributed by atoms with Crippen molar-refractivity contribution in [3.63, 3.8) is 0 Å². The van der Waals surface area contributed by atoms with Gasteiger partial charge in [0, 0.05) is 12.7 Å². The lowest BCUT2D eigenvalue weighted by Gasteiger charge is -2.00. The van der Waals surface area contributed by atoms with Gasteiger partial charge in [-0.15, -0.1) is 0 Å². The first kappa shape index (κ1) is 11.3. The summed E-state index contributed by atoms with van der Waals surface area (Å²) in [5.74, 6) is 1.86. The Balaban J connectivity index is 2.16. The van der Waals surface area contributed by atoms with Gasteiger partial charge in [-0.1, -0.05) is 6.92 Å². The van der Waals surface area contributed by atoms with E-state index in [0.29, 0.717) is 17.8 Å². The molecule has 0 N–H and O–H groups in total. The van der Waals surface area contributed by atoms with E-state index >= 15 is 0 Å². The first-order valence-electron chi connectivity index (χ1n) is 5.35. The summed E-state index contributed by atoms with van der Waals surface area (Å²) in [7, 11) is 0. The van der Waals surface area contributed by atoms with Crippen molar-refractivity contribution in [2.75, 3.05) is 11.5 Å². The summed E-state index contributed by atoms with van der Waals surface area (Å²) in [5.41, 5.74) is 1.21. The number of aromatic nitrogens is 2. The lowest BCUT2D eigenvalue weighted by atomic mass is 10.4. The third-order valence-corrected chi connectivity index (χ3v) is 3.28. The third-order valence-electron chi connectivity index (χ3n) is 2.30. The van der Waals surface area contributed by atoms with E-state index in [-0.39, 0.29) is 5.76 Å². The Kier molecular flexibility index (Phi) is 3.66. The summed E-state index contributed by atoms with van der Waals surface area (Å²) < 4.78 is 6.70. The minimum atomic E-state index is -0.310. The van der Waals surface area contributed by atoms with Gasteiger partial charge >= 0.3 is 5.76 Å². The number of thioether (sulfide) groups is 1. The molecule has 0 aliphatic heterocycles. The predicted molar refractivity (Wildman–Crippen MR) is 65.9 cm³/mol. The van der Waals surface area contributed by atoms with Crippen LogP contribution >= 0.6 is 11.8 Å². The molecule has 0 aliphatic rings. The smallest absolute Gasteiger partial charge is 0.406 e. The Labute approximate surface area is 97.7 Å². The average Bonchev–Trinajstić information content (AvgIpc) is 2.61. The molecule has 0 saturated carbocycles. The van der Waals surface area contributed by atoms with Gasteiger partial charge in [0.25, 0.3) is 0 Å². The molecular formula is C11H14N2O2S. The van der Waals surface area contributed by atoms with E-state index in [2.05, 4.69) is 11.9 Å². The summed E-state index contributed by atoms with van der Waals surface area (Å²) in [6.07, 6.45) is 2.64. The van der Waals surface area contributed by atoms with E-state index in [1.165, 1.54) is 0 Å². The van der Waals surface area contributed by atoms with Crippen LogP contribution in [0.15, 0.2) is 27.5 Å². The topological polar surface area (TPSA) is 48.0 Å². The first-order chi connectivity index (χ1) is 7.83. The highest BCUT2D eigenvalue weighted by atomic mass is 32.2. The Morgan fingerprint density at radius 1 is 1.56 bits per heavy atom. The zero-order chi connectivity index (χ0) is 11.4. The molecule has 0 amide bonds. The fraction of sp³-hybridized carbons (Fsp3) is 0.455. The molecule has 0 aromatic carbocycles. The van der Waals surface area contributed by atoms with E-state index in [4.69, 9.17) is 4.42 Å². The average molecular weight is 238 g/mol. The van der Waals surface area contributed by atoms with Crippen molar-refractivity contribution in [1.82, 2.24) is 9.55 Å². The molecule has 0 spiro atoms. The molecule has 0 bridgehead atoms. The van der Waals surface area contributed by atoms with Gasteiger partial charge in [-0.2, -0.15) is 11.8 Å². The van der Waals surface area contributed by atoms with E-state index in [1.54, 1.807) is 22.9 Å². The molecule has 2 rings (SSSR count). The molecule has 0 unspecified atom stereocenters. The van der Waals surface area contributed by atoms with E-state index in [9.17, 15) is 4.79 Å². The molecule has 0 atom stereocenters. The van der Waals surface area contributed by atoms with Crippen LogP contribution in [0.2, 0.25) is 0 Å². The second kappa shape index (κ2) is 5.21. The maximum atomic E-state index is 11.6. The molecule has 2 aromatic rings. The second-order valence-electron chi connectivity index (χ2n) is 3.40. The van der Waals surface area contributed by atoms with Gasteiger partial charge in [0.15, 0.2) is 11.2 Å². The number of fused-ring (bicyclic) bond motifs is 1. The molecule has 0 saturated heterocycles. The molecule has 0 aliphatic carbocycles. The summed E-state index contributed by atoms with van der Waals surface area (Å²) in [5, 5.41) is 0. The van der Waals surface area contributed by atoms with Crippen LogP contribution in [0.4, 0.5) is 0 Å². The van der Waals surface area contributed by atoms with Crippen LogP contribution in [0, 0.1) is 0 Å².